The average molecular weight is 250 g/mol. The molecule has 0 saturated heterocycles. The van der Waals surface area contributed by atoms with Crippen LogP contribution in [0.15, 0.2) is 22.7 Å². The van der Waals surface area contributed by atoms with Crippen molar-refractivity contribution in [1.29, 1.82) is 5.26 Å². The van der Waals surface area contributed by atoms with E-state index in [-0.39, 0.29) is 0 Å². The number of aromatic nitrogens is 3. The van der Waals surface area contributed by atoms with Gasteiger partial charge >= 0.3 is 0 Å². The second-order valence-electron chi connectivity index (χ2n) is 3.16. The molecule has 0 spiro atoms. The summed E-state index contributed by atoms with van der Waals surface area (Å²) in [5.41, 5.74) is 0. The molecule has 0 radical (unpaired) electrons. The van der Waals surface area contributed by atoms with Gasteiger partial charge in [-0.3, -0.25) is 0 Å². The summed E-state index contributed by atoms with van der Waals surface area (Å²) in [5.74, 6) is 1.34. The van der Waals surface area contributed by atoms with Gasteiger partial charge < -0.3 is 4.57 Å². The van der Waals surface area contributed by atoms with Gasteiger partial charge in [0, 0.05) is 18.3 Å². The molecular weight excluding hydrogens is 240 g/mol. The number of nitriles is 1. The van der Waals surface area contributed by atoms with Crippen molar-refractivity contribution in [3.63, 3.8) is 0 Å². The largest absolute Gasteiger partial charge is 0.309 e. The summed E-state index contributed by atoms with van der Waals surface area (Å²) >= 11 is 3.13. The maximum Gasteiger partial charge on any atom is 0.191 e. The van der Waals surface area contributed by atoms with Crippen molar-refractivity contribution >= 4 is 23.1 Å². The standard InChI is InChI=1S/C10H10N4S2/c1-14-9(7-8-3-2-5-15-8)12-13-10(14)16-6-4-11/h2-3,5H,6-7H2,1H3. The van der Waals surface area contributed by atoms with Crippen LogP contribution in [0.3, 0.4) is 0 Å². The first-order valence-electron chi connectivity index (χ1n) is 4.71. The lowest BCUT2D eigenvalue weighted by atomic mass is 10.3. The molecule has 0 fully saturated rings. The minimum atomic E-state index is 0.408. The Morgan fingerprint density at radius 3 is 3.12 bits per heavy atom. The lowest BCUT2D eigenvalue weighted by Crippen LogP contribution is -1.99. The molecule has 6 heteroatoms. The highest BCUT2D eigenvalue weighted by Crippen LogP contribution is 2.18. The van der Waals surface area contributed by atoms with E-state index in [0.29, 0.717) is 5.75 Å². The van der Waals surface area contributed by atoms with E-state index in [1.165, 1.54) is 16.6 Å². The minimum Gasteiger partial charge on any atom is -0.309 e. The zero-order valence-corrected chi connectivity index (χ0v) is 10.4. The molecule has 2 aromatic heterocycles. The van der Waals surface area contributed by atoms with Crippen molar-refractivity contribution < 1.29 is 0 Å². The van der Waals surface area contributed by atoms with Gasteiger partial charge in [-0.25, -0.2) is 0 Å². The van der Waals surface area contributed by atoms with Gasteiger partial charge in [0.15, 0.2) is 5.16 Å². The van der Waals surface area contributed by atoms with Crippen molar-refractivity contribution in [2.75, 3.05) is 5.75 Å². The Labute approximate surface area is 102 Å². The molecular formula is C10H10N4S2. The fourth-order valence-corrected chi connectivity index (χ4v) is 2.58. The predicted octanol–water partition coefficient (Wildman–Crippen LogP) is 2.08. The molecule has 0 aliphatic heterocycles. The third kappa shape index (κ3) is 2.43. The number of nitrogens with zero attached hydrogens (tertiary/aromatic N) is 4. The fraction of sp³-hybridized carbons (Fsp3) is 0.300. The van der Waals surface area contributed by atoms with Gasteiger partial charge in [0.05, 0.1) is 11.8 Å². The van der Waals surface area contributed by atoms with Crippen LogP contribution in [0.2, 0.25) is 0 Å². The Morgan fingerprint density at radius 1 is 1.56 bits per heavy atom. The predicted molar refractivity (Wildman–Crippen MR) is 64.5 cm³/mol. The Balaban J connectivity index is 2.11. The van der Waals surface area contributed by atoms with E-state index in [4.69, 9.17) is 5.26 Å². The molecule has 0 unspecified atom stereocenters. The van der Waals surface area contributed by atoms with Gasteiger partial charge in [0.25, 0.3) is 0 Å². The first-order chi connectivity index (χ1) is 7.81. The molecule has 4 nitrogen and oxygen atoms in total. The van der Waals surface area contributed by atoms with E-state index >= 15 is 0 Å². The van der Waals surface area contributed by atoms with Gasteiger partial charge in [-0.15, -0.1) is 21.5 Å². The van der Waals surface area contributed by atoms with E-state index < -0.39 is 0 Å². The van der Waals surface area contributed by atoms with Crippen LogP contribution in [-0.4, -0.2) is 20.5 Å². The van der Waals surface area contributed by atoms with Crippen molar-refractivity contribution in [2.45, 2.75) is 11.6 Å². The maximum atomic E-state index is 8.51. The minimum absolute atomic E-state index is 0.408. The first-order valence-corrected chi connectivity index (χ1v) is 6.58. The van der Waals surface area contributed by atoms with E-state index in [0.717, 1.165) is 17.4 Å². The second-order valence-corrected chi connectivity index (χ2v) is 5.14. The SMILES string of the molecule is Cn1c(Cc2cccs2)nnc1SCC#N. The molecule has 82 valence electrons. The number of thioether (sulfide) groups is 1. The van der Waals surface area contributed by atoms with Crippen molar-refractivity contribution in [3.05, 3.63) is 28.2 Å². The lowest BCUT2D eigenvalue weighted by Gasteiger charge is -2.00. The third-order valence-electron chi connectivity index (χ3n) is 2.10. The van der Waals surface area contributed by atoms with Crippen LogP contribution in [0.5, 0.6) is 0 Å². The van der Waals surface area contributed by atoms with E-state index in [1.807, 2.05) is 17.7 Å². The van der Waals surface area contributed by atoms with Gasteiger partial charge in [-0.2, -0.15) is 5.26 Å². The summed E-state index contributed by atoms with van der Waals surface area (Å²) in [7, 11) is 1.93. The Kier molecular flexibility index (Phi) is 3.59. The molecule has 0 aliphatic carbocycles. The lowest BCUT2D eigenvalue weighted by molar-refractivity contribution is 0.751. The van der Waals surface area contributed by atoms with Gasteiger partial charge in [0.2, 0.25) is 0 Å². The average Bonchev–Trinajstić information content (AvgIpc) is 2.89. The molecule has 0 atom stereocenters. The summed E-state index contributed by atoms with van der Waals surface area (Å²) in [5, 5.41) is 19.6. The Morgan fingerprint density at radius 2 is 2.44 bits per heavy atom. The van der Waals surface area contributed by atoms with Gasteiger partial charge in [-0.05, 0) is 11.4 Å². The molecule has 0 amide bonds. The summed E-state index contributed by atoms with van der Waals surface area (Å²) in [6, 6.07) is 6.20. The van der Waals surface area contributed by atoms with Crippen LogP contribution in [0.1, 0.15) is 10.7 Å². The Bertz CT molecular complexity index is 495. The van der Waals surface area contributed by atoms with Crippen LogP contribution < -0.4 is 0 Å². The first kappa shape index (κ1) is 11.2. The van der Waals surface area contributed by atoms with Crippen LogP contribution in [0.25, 0.3) is 0 Å². The third-order valence-corrected chi connectivity index (χ3v) is 3.87. The molecule has 0 aromatic carbocycles. The van der Waals surface area contributed by atoms with Crippen LogP contribution in [-0.2, 0) is 13.5 Å². The summed E-state index contributed by atoms with van der Waals surface area (Å²) < 4.78 is 1.95. The van der Waals surface area contributed by atoms with Gasteiger partial charge in [0.1, 0.15) is 5.82 Å². The summed E-state index contributed by atoms with van der Waals surface area (Å²) in [6.07, 6.45) is 0.800. The topological polar surface area (TPSA) is 54.5 Å². The van der Waals surface area contributed by atoms with Gasteiger partial charge in [-0.1, -0.05) is 17.8 Å². The molecule has 2 rings (SSSR count). The van der Waals surface area contributed by atoms with E-state index in [1.54, 1.807) is 11.3 Å². The van der Waals surface area contributed by atoms with E-state index in [9.17, 15) is 0 Å². The molecule has 16 heavy (non-hydrogen) atoms. The number of thiophene rings is 1. The molecule has 0 bridgehead atoms. The maximum absolute atomic E-state index is 8.51. The molecule has 2 heterocycles. The van der Waals surface area contributed by atoms with E-state index in [2.05, 4.69) is 27.7 Å². The Hall–Kier alpha value is -1.32. The second kappa shape index (κ2) is 5.14. The zero-order valence-electron chi connectivity index (χ0n) is 8.75. The van der Waals surface area contributed by atoms with Crippen LogP contribution >= 0.6 is 23.1 Å². The smallest absolute Gasteiger partial charge is 0.191 e. The number of rotatable bonds is 4. The summed E-state index contributed by atoms with van der Waals surface area (Å²) in [4.78, 5) is 1.27. The summed E-state index contributed by atoms with van der Waals surface area (Å²) in [6.45, 7) is 0. The molecule has 0 N–H and O–H groups in total. The fourth-order valence-electron chi connectivity index (χ4n) is 1.29. The zero-order chi connectivity index (χ0) is 11.4. The monoisotopic (exact) mass is 250 g/mol. The number of hydrogen-bond donors (Lipinski definition) is 0. The quantitative estimate of drug-likeness (QED) is 0.780. The normalized spacial score (nSPS) is 10.2. The molecule has 2 aromatic rings. The highest BCUT2D eigenvalue weighted by Gasteiger charge is 2.09. The molecule has 0 aliphatic rings. The van der Waals surface area contributed by atoms with Crippen LogP contribution in [0.4, 0.5) is 0 Å². The molecule has 0 saturated carbocycles. The van der Waals surface area contributed by atoms with Crippen molar-refractivity contribution in [2.24, 2.45) is 7.05 Å². The van der Waals surface area contributed by atoms with Crippen LogP contribution in [0, 0.1) is 11.3 Å². The highest BCUT2D eigenvalue weighted by molar-refractivity contribution is 7.99. The van der Waals surface area contributed by atoms with Crippen molar-refractivity contribution in [1.82, 2.24) is 14.8 Å². The number of hydrogen-bond acceptors (Lipinski definition) is 5. The van der Waals surface area contributed by atoms with Crippen molar-refractivity contribution in [3.8, 4) is 6.07 Å². The highest BCUT2D eigenvalue weighted by atomic mass is 32.2.